The lowest BCUT2D eigenvalue weighted by Crippen LogP contribution is -2.47. The van der Waals surface area contributed by atoms with Crippen molar-refractivity contribution in [3.05, 3.63) is 0 Å². The van der Waals surface area contributed by atoms with Gasteiger partial charge in [-0.1, -0.05) is 6.42 Å². The minimum Gasteiger partial charge on any atom is -0.379 e. The SMILES string of the molecule is CC(NC(=O)C(=O)NCCCN1CCOCC1)C1CC2CCC1C2. The second-order valence-electron chi connectivity index (χ2n) is 7.66. The summed E-state index contributed by atoms with van der Waals surface area (Å²) >= 11 is 0. The molecule has 0 aromatic carbocycles. The first-order valence-electron chi connectivity index (χ1n) is 9.52. The summed E-state index contributed by atoms with van der Waals surface area (Å²) < 4.78 is 5.31. The number of morpholine rings is 1. The van der Waals surface area contributed by atoms with Crippen molar-refractivity contribution in [3.63, 3.8) is 0 Å². The fourth-order valence-electron chi connectivity index (χ4n) is 4.70. The maximum absolute atomic E-state index is 12.1. The van der Waals surface area contributed by atoms with E-state index in [9.17, 15) is 9.59 Å². The summed E-state index contributed by atoms with van der Waals surface area (Å²) in [5, 5.41) is 5.66. The molecule has 1 aliphatic heterocycles. The quantitative estimate of drug-likeness (QED) is 0.555. The van der Waals surface area contributed by atoms with Crippen LogP contribution in [-0.2, 0) is 14.3 Å². The third kappa shape index (κ3) is 4.48. The number of ether oxygens (including phenoxy) is 1. The zero-order valence-corrected chi connectivity index (χ0v) is 14.8. The minimum absolute atomic E-state index is 0.104. The smallest absolute Gasteiger partial charge is 0.309 e. The Hall–Kier alpha value is -1.14. The second-order valence-corrected chi connectivity index (χ2v) is 7.66. The number of hydrogen-bond acceptors (Lipinski definition) is 4. The van der Waals surface area contributed by atoms with Gasteiger partial charge in [-0.2, -0.15) is 0 Å². The largest absolute Gasteiger partial charge is 0.379 e. The zero-order valence-electron chi connectivity index (χ0n) is 14.8. The van der Waals surface area contributed by atoms with E-state index in [0.29, 0.717) is 12.5 Å². The van der Waals surface area contributed by atoms with Crippen molar-refractivity contribution >= 4 is 11.8 Å². The first-order chi connectivity index (χ1) is 11.6. The second kappa shape index (κ2) is 8.30. The fourth-order valence-corrected chi connectivity index (χ4v) is 4.70. The van der Waals surface area contributed by atoms with E-state index < -0.39 is 11.8 Å². The molecule has 6 heteroatoms. The van der Waals surface area contributed by atoms with E-state index in [4.69, 9.17) is 4.74 Å². The predicted molar refractivity (Wildman–Crippen MR) is 91.4 cm³/mol. The summed E-state index contributed by atoms with van der Waals surface area (Å²) in [6.45, 7) is 7.02. The Morgan fingerprint density at radius 1 is 1.17 bits per heavy atom. The topological polar surface area (TPSA) is 70.7 Å². The number of rotatable bonds is 6. The summed E-state index contributed by atoms with van der Waals surface area (Å²) in [5.74, 6) is 1.20. The minimum atomic E-state index is -0.494. The number of hydrogen-bond donors (Lipinski definition) is 2. The molecule has 24 heavy (non-hydrogen) atoms. The van der Waals surface area contributed by atoms with Crippen molar-refractivity contribution in [3.8, 4) is 0 Å². The molecule has 2 aliphatic carbocycles. The van der Waals surface area contributed by atoms with Gasteiger partial charge in [0.2, 0.25) is 0 Å². The maximum Gasteiger partial charge on any atom is 0.309 e. The van der Waals surface area contributed by atoms with Crippen LogP contribution in [0.3, 0.4) is 0 Å². The van der Waals surface area contributed by atoms with E-state index >= 15 is 0 Å². The molecular formula is C18H31N3O3. The van der Waals surface area contributed by atoms with Crippen molar-refractivity contribution < 1.29 is 14.3 Å². The van der Waals surface area contributed by atoms with Gasteiger partial charge in [0, 0.05) is 25.7 Å². The number of nitrogens with one attached hydrogen (secondary N) is 2. The predicted octanol–water partition coefficient (Wildman–Crippen LogP) is 0.766. The first kappa shape index (κ1) is 17.7. The van der Waals surface area contributed by atoms with Crippen LogP contribution in [0, 0.1) is 17.8 Å². The Labute approximate surface area is 144 Å². The standard InChI is InChI=1S/C18H31N3O3/c1-13(16-12-14-3-4-15(16)11-14)20-18(23)17(22)19-5-2-6-21-7-9-24-10-8-21/h13-16H,2-12H2,1H3,(H,19,22)(H,20,23). The molecule has 0 spiro atoms. The third-order valence-electron chi connectivity index (χ3n) is 6.04. The van der Waals surface area contributed by atoms with E-state index in [-0.39, 0.29) is 6.04 Å². The van der Waals surface area contributed by atoms with Crippen LogP contribution in [0.25, 0.3) is 0 Å². The summed E-state index contributed by atoms with van der Waals surface area (Å²) in [4.78, 5) is 26.3. The molecule has 3 aliphatic rings. The van der Waals surface area contributed by atoms with Gasteiger partial charge in [-0.05, 0) is 56.9 Å². The van der Waals surface area contributed by atoms with Crippen LogP contribution in [0.4, 0.5) is 0 Å². The number of amides is 2. The van der Waals surface area contributed by atoms with E-state index in [1.807, 2.05) is 0 Å². The van der Waals surface area contributed by atoms with Crippen LogP contribution in [0.2, 0.25) is 0 Å². The highest BCUT2D eigenvalue weighted by atomic mass is 16.5. The molecular weight excluding hydrogens is 306 g/mol. The molecule has 6 nitrogen and oxygen atoms in total. The van der Waals surface area contributed by atoms with Gasteiger partial charge < -0.3 is 15.4 Å². The number of carbonyl (C=O) groups excluding carboxylic acids is 2. The Balaban J connectivity index is 1.30. The molecule has 4 atom stereocenters. The van der Waals surface area contributed by atoms with Gasteiger partial charge in [0.25, 0.3) is 0 Å². The lowest BCUT2D eigenvalue weighted by atomic mass is 9.84. The highest BCUT2D eigenvalue weighted by molar-refractivity contribution is 6.35. The Morgan fingerprint density at radius 2 is 1.96 bits per heavy atom. The third-order valence-corrected chi connectivity index (χ3v) is 6.04. The van der Waals surface area contributed by atoms with E-state index in [1.54, 1.807) is 0 Å². The van der Waals surface area contributed by atoms with Gasteiger partial charge in [0.15, 0.2) is 0 Å². The summed E-state index contributed by atoms with van der Waals surface area (Å²) in [7, 11) is 0. The Kier molecular flexibility index (Phi) is 6.11. The van der Waals surface area contributed by atoms with Crippen LogP contribution in [-0.4, -0.2) is 62.1 Å². The van der Waals surface area contributed by atoms with E-state index in [2.05, 4.69) is 22.5 Å². The lowest BCUT2D eigenvalue weighted by molar-refractivity contribution is -0.139. The molecule has 1 heterocycles. The summed E-state index contributed by atoms with van der Waals surface area (Å²) in [6.07, 6.45) is 6.04. The highest BCUT2D eigenvalue weighted by Crippen LogP contribution is 2.49. The van der Waals surface area contributed by atoms with Gasteiger partial charge in [-0.15, -0.1) is 0 Å². The lowest BCUT2D eigenvalue weighted by Gasteiger charge is -2.28. The normalized spacial score (nSPS) is 31.0. The molecule has 2 amide bonds. The molecule has 0 radical (unpaired) electrons. The molecule has 0 aromatic heterocycles. The van der Waals surface area contributed by atoms with Crippen LogP contribution in [0.1, 0.15) is 39.0 Å². The molecule has 0 aromatic rings. The van der Waals surface area contributed by atoms with Gasteiger partial charge >= 0.3 is 11.8 Å². The van der Waals surface area contributed by atoms with Crippen molar-refractivity contribution in [1.82, 2.24) is 15.5 Å². The summed E-state index contributed by atoms with van der Waals surface area (Å²) in [6, 6.07) is 0.104. The molecule has 2 N–H and O–H groups in total. The Morgan fingerprint density at radius 3 is 2.62 bits per heavy atom. The molecule has 2 saturated carbocycles. The van der Waals surface area contributed by atoms with Gasteiger partial charge in [-0.25, -0.2) is 0 Å². The van der Waals surface area contributed by atoms with Gasteiger partial charge in [-0.3, -0.25) is 14.5 Å². The van der Waals surface area contributed by atoms with Crippen LogP contribution in [0.15, 0.2) is 0 Å². The maximum atomic E-state index is 12.1. The van der Waals surface area contributed by atoms with Crippen LogP contribution < -0.4 is 10.6 Å². The van der Waals surface area contributed by atoms with Crippen LogP contribution in [0.5, 0.6) is 0 Å². The Bertz CT molecular complexity index is 451. The zero-order chi connectivity index (χ0) is 16.9. The van der Waals surface area contributed by atoms with Crippen molar-refractivity contribution in [2.45, 2.75) is 45.1 Å². The van der Waals surface area contributed by atoms with Crippen molar-refractivity contribution in [2.75, 3.05) is 39.4 Å². The average molecular weight is 337 g/mol. The van der Waals surface area contributed by atoms with Gasteiger partial charge in [0.05, 0.1) is 13.2 Å². The molecule has 3 rings (SSSR count). The fraction of sp³-hybridized carbons (Fsp3) is 0.889. The molecule has 3 fully saturated rings. The van der Waals surface area contributed by atoms with E-state index in [0.717, 1.165) is 51.1 Å². The highest BCUT2D eigenvalue weighted by Gasteiger charge is 2.42. The number of fused-ring (bicyclic) bond motifs is 2. The molecule has 136 valence electrons. The molecule has 1 saturated heterocycles. The molecule has 4 unspecified atom stereocenters. The molecule has 2 bridgehead atoms. The number of nitrogens with zero attached hydrogens (tertiary/aromatic N) is 1. The number of carbonyl (C=O) groups is 2. The van der Waals surface area contributed by atoms with Crippen molar-refractivity contribution in [1.29, 1.82) is 0 Å². The van der Waals surface area contributed by atoms with Crippen LogP contribution >= 0.6 is 0 Å². The first-order valence-corrected chi connectivity index (χ1v) is 9.52. The van der Waals surface area contributed by atoms with Gasteiger partial charge in [0.1, 0.15) is 0 Å². The summed E-state index contributed by atoms with van der Waals surface area (Å²) in [5.41, 5.74) is 0. The van der Waals surface area contributed by atoms with Crippen molar-refractivity contribution in [2.24, 2.45) is 17.8 Å². The average Bonchev–Trinajstić information content (AvgIpc) is 3.22. The van der Waals surface area contributed by atoms with E-state index in [1.165, 1.54) is 25.7 Å². The monoisotopic (exact) mass is 337 g/mol.